The van der Waals surface area contributed by atoms with E-state index in [1.807, 2.05) is 0 Å². The van der Waals surface area contributed by atoms with E-state index in [0.29, 0.717) is 0 Å². The molecular weight excluding hydrogens is 285 g/mol. The summed E-state index contributed by atoms with van der Waals surface area (Å²) in [6.45, 7) is 0. The number of hydrogen-bond donors (Lipinski definition) is 0. The maximum Gasteiger partial charge on any atom is 0 e. The minimum atomic E-state index is 0. The second-order valence-electron chi connectivity index (χ2n) is 0. The first-order valence-electron chi connectivity index (χ1n) is 0. The molecule has 0 aromatic heterocycles. The monoisotopic (exact) mass is 289 g/mol. The number of rotatable bonds is 0. The zero-order valence-electron chi connectivity index (χ0n) is 1.80. The van der Waals surface area contributed by atoms with Gasteiger partial charge >= 0.3 is 37.7 Å². The minimum Gasteiger partial charge on any atom is 0 e. The molecule has 0 aromatic rings. The molecule has 0 aliphatic carbocycles. The van der Waals surface area contributed by atoms with E-state index in [1.165, 1.54) is 0 Å². The van der Waals surface area contributed by atoms with Crippen molar-refractivity contribution in [1.29, 1.82) is 0 Å². The van der Waals surface area contributed by atoms with Gasteiger partial charge in [0.15, 0.2) is 0 Å². The summed E-state index contributed by atoms with van der Waals surface area (Å²) in [5.41, 5.74) is 0. The molecule has 31 valence electrons. The molecule has 0 atom stereocenters. The molecule has 0 bridgehead atoms. The van der Waals surface area contributed by atoms with Gasteiger partial charge < -0.3 is 0 Å². The summed E-state index contributed by atoms with van der Waals surface area (Å²) in [5.74, 6) is 0. The van der Waals surface area contributed by atoms with Gasteiger partial charge in [-0.2, -0.15) is 0 Å². The van der Waals surface area contributed by atoms with Crippen LogP contribution < -0.4 is 0 Å². The van der Waals surface area contributed by atoms with Crippen LogP contribution >= 0.6 is 37.2 Å². The van der Waals surface area contributed by atoms with Crippen LogP contribution in [-0.2, 0) is 0 Å². The van der Waals surface area contributed by atoms with Gasteiger partial charge in [-0.15, -0.1) is 37.2 Å². The third kappa shape index (κ3) is 18.8. The molecule has 0 aliphatic heterocycles. The quantitative estimate of drug-likeness (QED) is 0.565. The fourth-order valence-corrected chi connectivity index (χ4v) is 0. The Labute approximate surface area is 108 Å². The molecule has 0 saturated carbocycles. The van der Waals surface area contributed by atoms with Crippen LogP contribution in [0, 0.1) is 35.6 Å². The molecule has 0 spiro atoms. The molecular formula is H5CaCl3La. The number of hydrogen-bond acceptors (Lipinski definition) is 0. The Morgan fingerprint density at radius 2 is 0.600 bits per heavy atom. The molecule has 0 nitrogen and oxygen atoms in total. The second kappa shape index (κ2) is 26.5. The second-order valence-corrected chi connectivity index (χ2v) is 0. The normalized spacial score (nSPS) is 0. The third-order valence-corrected chi connectivity index (χ3v) is 0. The molecule has 5 heteroatoms. The van der Waals surface area contributed by atoms with Crippen molar-refractivity contribution in [3.8, 4) is 0 Å². The Bertz CT molecular complexity index is 6.85. The number of halogens is 3. The van der Waals surface area contributed by atoms with Crippen molar-refractivity contribution in [2.24, 2.45) is 0 Å². The van der Waals surface area contributed by atoms with Crippen LogP contribution in [0.3, 0.4) is 0 Å². The zero-order chi connectivity index (χ0) is 0. The van der Waals surface area contributed by atoms with E-state index in [9.17, 15) is 0 Å². The summed E-state index contributed by atoms with van der Waals surface area (Å²) in [5, 5.41) is 0. The van der Waals surface area contributed by atoms with Gasteiger partial charge in [-0.05, 0) is 0 Å². The zero-order valence-corrected chi connectivity index (χ0v) is 7.88. The van der Waals surface area contributed by atoms with Crippen molar-refractivity contribution in [2.75, 3.05) is 0 Å². The van der Waals surface area contributed by atoms with Crippen LogP contribution in [0.25, 0.3) is 0 Å². The Balaban J connectivity index is 0. The van der Waals surface area contributed by atoms with E-state index in [1.54, 1.807) is 0 Å². The van der Waals surface area contributed by atoms with Gasteiger partial charge in [0.25, 0.3) is 0 Å². The maximum absolute atomic E-state index is 0. The van der Waals surface area contributed by atoms with Gasteiger partial charge in [-0.25, -0.2) is 0 Å². The molecule has 0 saturated heterocycles. The topological polar surface area (TPSA) is 0 Å². The van der Waals surface area contributed by atoms with Crippen molar-refractivity contribution in [3.63, 3.8) is 0 Å². The van der Waals surface area contributed by atoms with Crippen molar-refractivity contribution >= 4 is 75.0 Å². The average Bonchev–Trinajstić information content (AvgIpc) is 0. The molecule has 0 aliphatic rings. The van der Waals surface area contributed by atoms with E-state index in [0.717, 1.165) is 0 Å². The smallest absolute Gasteiger partial charge is 0 e. The van der Waals surface area contributed by atoms with Gasteiger partial charge in [-0.3, -0.25) is 0 Å². The molecule has 1 radical (unpaired) electrons. The Morgan fingerprint density at radius 3 is 0.600 bits per heavy atom. The van der Waals surface area contributed by atoms with Crippen molar-refractivity contribution in [3.05, 3.63) is 0 Å². The minimum absolute atomic E-state index is 0. The van der Waals surface area contributed by atoms with E-state index in [-0.39, 0.29) is 111 Å². The molecule has 0 amide bonds. The van der Waals surface area contributed by atoms with Crippen LogP contribution in [0.2, 0.25) is 0 Å². The molecule has 0 N–H and O–H groups in total. The first kappa shape index (κ1) is 40.4. The van der Waals surface area contributed by atoms with Crippen LogP contribution in [0.4, 0.5) is 0 Å². The van der Waals surface area contributed by atoms with Crippen molar-refractivity contribution < 1.29 is 35.6 Å². The Hall–Kier alpha value is 3.32. The van der Waals surface area contributed by atoms with Gasteiger partial charge in [0.1, 0.15) is 0 Å². The van der Waals surface area contributed by atoms with E-state index < -0.39 is 0 Å². The summed E-state index contributed by atoms with van der Waals surface area (Å²) in [6, 6.07) is 0. The molecule has 0 fully saturated rings. The van der Waals surface area contributed by atoms with E-state index >= 15 is 0 Å². The third-order valence-electron chi connectivity index (χ3n) is 0. The standard InChI is InChI=1S/Ca.3ClH.La.2H/h;3*1H;;;. The Morgan fingerprint density at radius 1 is 0.600 bits per heavy atom. The fourth-order valence-electron chi connectivity index (χ4n) is 0. The predicted molar refractivity (Wildman–Crippen MR) is 30.3 cm³/mol. The first-order chi connectivity index (χ1) is 0. The van der Waals surface area contributed by atoms with Crippen LogP contribution in [0.1, 0.15) is 0 Å². The Kier molecular flexibility index (Phi) is 214. The molecule has 0 unspecified atom stereocenters. The SMILES string of the molecule is Cl.Cl.Cl.[CaH2].[La]. The van der Waals surface area contributed by atoms with E-state index in [2.05, 4.69) is 0 Å². The van der Waals surface area contributed by atoms with Gasteiger partial charge in [0.05, 0.1) is 0 Å². The summed E-state index contributed by atoms with van der Waals surface area (Å²) in [4.78, 5) is 0. The summed E-state index contributed by atoms with van der Waals surface area (Å²) >= 11 is 0. The predicted octanol–water partition coefficient (Wildman–Crippen LogP) is 0.349. The van der Waals surface area contributed by atoms with Crippen LogP contribution in [0.15, 0.2) is 0 Å². The summed E-state index contributed by atoms with van der Waals surface area (Å²) in [7, 11) is 0. The van der Waals surface area contributed by atoms with Crippen LogP contribution in [0.5, 0.6) is 0 Å². The molecule has 0 heterocycles. The van der Waals surface area contributed by atoms with E-state index in [4.69, 9.17) is 0 Å². The largest absolute Gasteiger partial charge is 0 e. The molecule has 5 heavy (non-hydrogen) atoms. The van der Waals surface area contributed by atoms with Crippen LogP contribution in [-0.4, -0.2) is 37.7 Å². The molecule has 0 aromatic carbocycles. The summed E-state index contributed by atoms with van der Waals surface area (Å²) < 4.78 is 0. The first-order valence-corrected chi connectivity index (χ1v) is 0. The van der Waals surface area contributed by atoms with Gasteiger partial charge in [0, 0.05) is 35.6 Å². The van der Waals surface area contributed by atoms with Crippen molar-refractivity contribution in [1.82, 2.24) is 0 Å². The maximum atomic E-state index is 0. The van der Waals surface area contributed by atoms with Gasteiger partial charge in [-0.1, -0.05) is 0 Å². The van der Waals surface area contributed by atoms with Gasteiger partial charge in [0.2, 0.25) is 0 Å². The summed E-state index contributed by atoms with van der Waals surface area (Å²) in [6.07, 6.45) is 0. The van der Waals surface area contributed by atoms with Crippen molar-refractivity contribution in [2.45, 2.75) is 0 Å². The fraction of sp³-hybridized carbons (Fsp3) is 0. The average molecular weight is 290 g/mol. The molecule has 0 rings (SSSR count).